The third-order valence-electron chi connectivity index (χ3n) is 3.10. The second-order valence-corrected chi connectivity index (χ2v) is 5.45. The van der Waals surface area contributed by atoms with Gasteiger partial charge in [-0.25, -0.2) is 9.78 Å². The molecular formula is C16H14N2O3S. The molecule has 2 heterocycles. The highest BCUT2D eigenvalue weighted by Crippen LogP contribution is 2.31. The Hall–Kier alpha value is -2.47. The van der Waals surface area contributed by atoms with Crippen LogP contribution < -0.4 is 0 Å². The number of benzene rings is 1. The lowest BCUT2D eigenvalue weighted by Crippen LogP contribution is -2.06. The van der Waals surface area contributed by atoms with Gasteiger partial charge < -0.3 is 9.26 Å². The quantitative estimate of drug-likeness (QED) is 0.682. The molecule has 0 aliphatic rings. The van der Waals surface area contributed by atoms with Gasteiger partial charge in [0.1, 0.15) is 16.3 Å². The van der Waals surface area contributed by atoms with Crippen molar-refractivity contribution in [2.75, 3.05) is 6.61 Å². The summed E-state index contributed by atoms with van der Waals surface area (Å²) in [6.45, 7) is 3.77. The number of ether oxygens (including phenoxy) is 1. The fourth-order valence-electron chi connectivity index (χ4n) is 2.08. The van der Waals surface area contributed by atoms with Crippen molar-refractivity contribution in [3.8, 4) is 22.0 Å². The Morgan fingerprint density at radius 1 is 1.32 bits per heavy atom. The molecule has 3 rings (SSSR count). The van der Waals surface area contributed by atoms with E-state index in [1.54, 1.807) is 13.8 Å². The molecule has 0 spiro atoms. The average molecular weight is 314 g/mol. The number of aryl methyl sites for hydroxylation is 1. The summed E-state index contributed by atoms with van der Waals surface area (Å²) in [5.74, 6) is -0.0834. The van der Waals surface area contributed by atoms with Crippen molar-refractivity contribution >= 4 is 17.3 Å². The van der Waals surface area contributed by atoms with Gasteiger partial charge in [-0.15, -0.1) is 11.3 Å². The molecule has 0 aliphatic heterocycles. The van der Waals surface area contributed by atoms with Gasteiger partial charge in [0, 0.05) is 10.9 Å². The third-order valence-corrected chi connectivity index (χ3v) is 3.99. The van der Waals surface area contributed by atoms with Crippen molar-refractivity contribution in [2.24, 2.45) is 0 Å². The van der Waals surface area contributed by atoms with Crippen LogP contribution in [0.2, 0.25) is 0 Å². The minimum absolute atomic E-state index is 0.301. The molecule has 0 unspecified atom stereocenters. The molecule has 1 aromatic carbocycles. The standard InChI is InChI=1S/C16H14N2O3S/c1-3-20-16(19)13-10(2)18-21-14(13)12-9-22-15(17-12)11-7-5-4-6-8-11/h4-9H,3H2,1-2H3. The molecule has 5 nitrogen and oxygen atoms in total. The summed E-state index contributed by atoms with van der Waals surface area (Å²) in [6.07, 6.45) is 0. The number of esters is 1. The minimum atomic E-state index is -0.439. The molecule has 22 heavy (non-hydrogen) atoms. The molecule has 0 saturated heterocycles. The fraction of sp³-hybridized carbons (Fsp3) is 0.188. The molecule has 0 saturated carbocycles. The summed E-state index contributed by atoms with van der Waals surface area (Å²) in [7, 11) is 0. The summed E-state index contributed by atoms with van der Waals surface area (Å²) in [4.78, 5) is 16.6. The first-order valence-corrected chi connectivity index (χ1v) is 7.73. The number of hydrogen-bond donors (Lipinski definition) is 0. The highest BCUT2D eigenvalue weighted by Gasteiger charge is 2.24. The molecule has 112 valence electrons. The van der Waals surface area contributed by atoms with Crippen molar-refractivity contribution in [3.63, 3.8) is 0 Å². The zero-order chi connectivity index (χ0) is 15.5. The third kappa shape index (κ3) is 2.65. The summed E-state index contributed by atoms with van der Waals surface area (Å²) in [6, 6.07) is 9.84. The Morgan fingerprint density at radius 3 is 2.82 bits per heavy atom. The summed E-state index contributed by atoms with van der Waals surface area (Å²) in [5.41, 5.74) is 2.45. The van der Waals surface area contributed by atoms with E-state index in [2.05, 4.69) is 10.1 Å². The Morgan fingerprint density at radius 2 is 2.09 bits per heavy atom. The van der Waals surface area contributed by atoms with Crippen LogP contribution in [0.25, 0.3) is 22.0 Å². The van der Waals surface area contributed by atoms with Crippen LogP contribution in [-0.2, 0) is 4.74 Å². The van der Waals surface area contributed by atoms with E-state index in [1.807, 2.05) is 35.7 Å². The average Bonchev–Trinajstić information content (AvgIpc) is 3.15. The number of rotatable bonds is 4. The first-order valence-electron chi connectivity index (χ1n) is 6.85. The molecule has 0 aliphatic carbocycles. The van der Waals surface area contributed by atoms with E-state index in [9.17, 15) is 4.79 Å². The lowest BCUT2D eigenvalue weighted by Gasteiger charge is -2.00. The minimum Gasteiger partial charge on any atom is -0.462 e. The SMILES string of the molecule is CCOC(=O)c1c(C)noc1-c1csc(-c2ccccc2)n1. The largest absolute Gasteiger partial charge is 0.462 e. The number of carbonyl (C=O) groups is 1. The predicted molar refractivity (Wildman–Crippen MR) is 83.7 cm³/mol. The second kappa shape index (κ2) is 6.11. The molecule has 6 heteroatoms. The zero-order valence-corrected chi connectivity index (χ0v) is 13.0. The van der Waals surface area contributed by atoms with Crippen LogP contribution in [0.1, 0.15) is 23.0 Å². The van der Waals surface area contributed by atoms with Crippen LogP contribution in [0.5, 0.6) is 0 Å². The molecule has 0 atom stereocenters. The molecule has 0 amide bonds. The highest BCUT2D eigenvalue weighted by atomic mass is 32.1. The van der Waals surface area contributed by atoms with Gasteiger partial charge in [-0.3, -0.25) is 0 Å². The van der Waals surface area contributed by atoms with E-state index in [1.165, 1.54) is 11.3 Å². The van der Waals surface area contributed by atoms with Crippen LogP contribution in [0.15, 0.2) is 40.2 Å². The van der Waals surface area contributed by atoms with Gasteiger partial charge in [0.2, 0.25) is 5.76 Å². The molecular weight excluding hydrogens is 300 g/mol. The lowest BCUT2D eigenvalue weighted by molar-refractivity contribution is 0.0526. The van der Waals surface area contributed by atoms with Crippen LogP contribution in [0, 0.1) is 6.92 Å². The van der Waals surface area contributed by atoms with Gasteiger partial charge >= 0.3 is 5.97 Å². The lowest BCUT2D eigenvalue weighted by atomic mass is 10.1. The maximum atomic E-state index is 12.1. The van der Waals surface area contributed by atoms with E-state index in [-0.39, 0.29) is 0 Å². The van der Waals surface area contributed by atoms with Gasteiger partial charge in [0.25, 0.3) is 0 Å². The van der Waals surface area contributed by atoms with Crippen molar-refractivity contribution in [1.29, 1.82) is 0 Å². The van der Waals surface area contributed by atoms with Crippen molar-refractivity contribution in [3.05, 3.63) is 47.0 Å². The van der Waals surface area contributed by atoms with Gasteiger partial charge in [0.15, 0.2) is 0 Å². The number of carbonyl (C=O) groups excluding carboxylic acids is 1. The maximum absolute atomic E-state index is 12.1. The van der Waals surface area contributed by atoms with E-state index < -0.39 is 5.97 Å². The molecule has 3 aromatic rings. The van der Waals surface area contributed by atoms with E-state index in [4.69, 9.17) is 9.26 Å². The number of aromatic nitrogens is 2. The van der Waals surface area contributed by atoms with E-state index >= 15 is 0 Å². The van der Waals surface area contributed by atoms with Crippen molar-refractivity contribution in [2.45, 2.75) is 13.8 Å². The molecule has 0 fully saturated rings. The van der Waals surface area contributed by atoms with Crippen molar-refractivity contribution in [1.82, 2.24) is 10.1 Å². The number of hydrogen-bond acceptors (Lipinski definition) is 6. The number of nitrogens with zero attached hydrogens (tertiary/aromatic N) is 2. The Bertz CT molecular complexity index is 793. The van der Waals surface area contributed by atoms with Gasteiger partial charge in [0.05, 0.1) is 12.3 Å². The number of thiazole rings is 1. The van der Waals surface area contributed by atoms with Crippen LogP contribution in [0.4, 0.5) is 0 Å². The zero-order valence-electron chi connectivity index (χ0n) is 12.2. The summed E-state index contributed by atoms with van der Waals surface area (Å²) < 4.78 is 10.3. The van der Waals surface area contributed by atoms with Crippen LogP contribution in [0.3, 0.4) is 0 Å². The fourth-order valence-corrected chi connectivity index (χ4v) is 2.89. The summed E-state index contributed by atoms with van der Waals surface area (Å²) >= 11 is 1.49. The van der Waals surface area contributed by atoms with Crippen molar-refractivity contribution < 1.29 is 14.1 Å². The van der Waals surface area contributed by atoms with Gasteiger partial charge in [-0.1, -0.05) is 35.5 Å². The highest BCUT2D eigenvalue weighted by molar-refractivity contribution is 7.13. The predicted octanol–water partition coefficient (Wildman–Crippen LogP) is 3.95. The Labute approximate surface area is 131 Å². The van der Waals surface area contributed by atoms with Gasteiger partial charge in [-0.05, 0) is 13.8 Å². The topological polar surface area (TPSA) is 65.2 Å². The molecule has 0 radical (unpaired) electrons. The van der Waals surface area contributed by atoms with Gasteiger partial charge in [-0.2, -0.15) is 0 Å². The normalized spacial score (nSPS) is 10.6. The van der Waals surface area contributed by atoms with E-state index in [0.29, 0.717) is 29.3 Å². The van der Waals surface area contributed by atoms with Crippen LogP contribution in [-0.4, -0.2) is 22.7 Å². The molecule has 0 N–H and O–H groups in total. The Kier molecular flexibility index (Phi) is 4.02. The van der Waals surface area contributed by atoms with E-state index in [0.717, 1.165) is 10.6 Å². The smallest absolute Gasteiger partial charge is 0.344 e. The first kappa shape index (κ1) is 14.5. The maximum Gasteiger partial charge on any atom is 0.344 e. The second-order valence-electron chi connectivity index (χ2n) is 4.60. The Balaban J connectivity index is 1.99. The molecule has 0 bridgehead atoms. The summed E-state index contributed by atoms with van der Waals surface area (Å²) in [5, 5.41) is 6.58. The molecule has 2 aromatic heterocycles. The monoisotopic (exact) mass is 314 g/mol. The van der Waals surface area contributed by atoms with Crippen LogP contribution >= 0.6 is 11.3 Å². The first-order chi connectivity index (χ1) is 10.7.